The van der Waals surface area contributed by atoms with E-state index in [0.29, 0.717) is 36.5 Å². The normalized spacial score (nSPS) is 13.7. The molecule has 0 radical (unpaired) electrons. The minimum Gasteiger partial charge on any atom is -0.495 e. The maximum absolute atomic E-state index is 11.9. The number of carbonyl (C=O) groups excluding carboxylic acids is 3. The summed E-state index contributed by atoms with van der Waals surface area (Å²) in [5.41, 5.74) is 2.75. The maximum atomic E-state index is 11.9. The minimum atomic E-state index is -1.20. The fraction of sp³-hybridized carbons (Fsp3) is 0.370. The van der Waals surface area contributed by atoms with Gasteiger partial charge < -0.3 is 40.3 Å². The molecule has 10 nitrogen and oxygen atoms in total. The summed E-state index contributed by atoms with van der Waals surface area (Å²) in [7, 11) is 7.01. The molecule has 208 valence electrons. The zero-order valence-corrected chi connectivity index (χ0v) is 23.2. The largest absolute Gasteiger partial charge is 0.495 e. The van der Waals surface area contributed by atoms with Crippen molar-refractivity contribution >= 4 is 41.5 Å². The molecule has 0 unspecified atom stereocenters. The van der Waals surface area contributed by atoms with E-state index in [4.69, 9.17) is 25.8 Å². The number of aldehydes is 2. The number of nitrogens with one attached hydrogen (secondary N) is 4. The lowest BCUT2D eigenvalue weighted by atomic mass is 10.1. The molecule has 4 N–H and O–H groups in total. The van der Waals surface area contributed by atoms with Gasteiger partial charge in [0.05, 0.1) is 44.5 Å². The monoisotopic (exact) mass is 548 g/mol. The van der Waals surface area contributed by atoms with Crippen molar-refractivity contribution in [3.63, 3.8) is 0 Å². The van der Waals surface area contributed by atoms with Crippen molar-refractivity contribution in [3.8, 4) is 5.75 Å². The average molecular weight is 549 g/mol. The summed E-state index contributed by atoms with van der Waals surface area (Å²) >= 11 is 5.76. The van der Waals surface area contributed by atoms with Crippen LogP contribution in [0.5, 0.6) is 5.75 Å². The van der Waals surface area contributed by atoms with Gasteiger partial charge in [-0.3, -0.25) is 9.59 Å². The van der Waals surface area contributed by atoms with Crippen LogP contribution in [0, 0.1) is 0 Å². The quantitative estimate of drug-likeness (QED) is 0.260. The Morgan fingerprint density at radius 3 is 2.18 bits per heavy atom. The Kier molecular flexibility index (Phi) is 15.2. The lowest BCUT2D eigenvalue weighted by Gasteiger charge is -2.24. The van der Waals surface area contributed by atoms with Crippen LogP contribution >= 0.6 is 11.6 Å². The lowest BCUT2D eigenvalue weighted by molar-refractivity contribution is -0.173. The number of carbonyl (C=O) groups is 3. The van der Waals surface area contributed by atoms with Crippen LogP contribution < -0.4 is 26.0 Å². The number of para-hydroxylation sites is 1. The molecule has 3 rings (SSSR count). The Balaban J connectivity index is 0.000000318. The number of benzene rings is 2. The number of halogens is 1. The molecule has 0 atom stereocenters. The first-order chi connectivity index (χ1) is 18.3. The second-order valence-corrected chi connectivity index (χ2v) is 8.26. The molecule has 1 aliphatic heterocycles. The highest BCUT2D eigenvalue weighted by Gasteiger charge is 2.38. The van der Waals surface area contributed by atoms with Gasteiger partial charge in [-0.25, -0.2) is 0 Å². The molecule has 11 heteroatoms. The molecule has 1 amide bonds. The van der Waals surface area contributed by atoms with Gasteiger partial charge in [-0.15, -0.1) is 0 Å². The molecule has 0 saturated carbocycles. The average Bonchev–Trinajstić information content (AvgIpc) is 3.40. The second kappa shape index (κ2) is 17.8. The van der Waals surface area contributed by atoms with Crippen LogP contribution in [0.1, 0.15) is 19.8 Å². The van der Waals surface area contributed by atoms with E-state index in [1.54, 1.807) is 27.1 Å². The summed E-state index contributed by atoms with van der Waals surface area (Å²) in [5.74, 6) is -0.842. The smallest absolute Gasteiger partial charge is 0.229 e. The molecule has 1 aliphatic rings. The van der Waals surface area contributed by atoms with E-state index >= 15 is 0 Å². The topological polar surface area (TPSA) is 127 Å². The summed E-state index contributed by atoms with van der Waals surface area (Å²) in [6.07, 6.45) is 1.03. The second-order valence-electron chi connectivity index (χ2n) is 7.82. The number of amides is 1. The third-order valence-corrected chi connectivity index (χ3v) is 5.54. The highest BCUT2D eigenvalue weighted by molar-refractivity contribution is 6.30. The Morgan fingerprint density at radius 2 is 1.71 bits per heavy atom. The molecule has 0 aliphatic carbocycles. The van der Waals surface area contributed by atoms with E-state index in [9.17, 15) is 14.4 Å². The van der Waals surface area contributed by atoms with Crippen molar-refractivity contribution < 1.29 is 28.6 Å². The SMILES string of the molecule is CN/C(C)=C(\C=O)NC(=O)CC1(CC=O)OCCO1.CNc1cc(Cl)ccc1OC.CNc1ccccc1. The van der Waals surface area contributed by atoms with Crippen molar-refractivity contribution in [3.05, 3.63) is 64.9 Å². The summed E-state index contributed by atoms with van der Waals surface area (Å²) in [5, 5.41) is 11.9. The van der Waals surface area contributed by atoms with Gasteiger partial charge in [0.2, 0.25) is 5.91 Å². The summed E-state index contributed by atoms with van der Waals surface area (Å²) in [6, 6.07) is 15.5. The fourth-order valence-corrected chi connectivity index (χ4v) is 3.35. The maximum Gasteiger partial charge on any atom is 0.229 e. The number of rotatable bonds is 10. The number of ether oxygens (including phenoxy) is 3. The molecular formula is C27H37ClN4O6. The van der Waals surface area contributed by atoms with Gasteiger partial charge in [0.25, 0.3) is 0 Å². The number of hydrogen-bond donors (Lipinski definition) is 4. The van der Waals surface area contributed by atoms with Gasteiger partial charge in [-0.05, 0) is 37.3 Å². The molecule has 1 saturated heterocycles. The first-order valence-corrected chi connectivity index (χ1v) is 12.2. The number of anilines is 2. The highest BCUT2D eigenvalue weighted by atomic mass is 35.5. The van der Waals surface area contributed by atoms with E-state index in [2.05, 4.69) is 21.3 Å². The van der Waals surface area contributed by atoms with E-state index < -0.39 is 11.7 Å². The van der Waals surface area contributed by atoms with Gasteiger partial charge in [0, 0.05) is 37.6 Å². The predicted octanol–water partition coefficient (Wildman–Crippen LogP) is 3.59. The summed E-state index contributed by atoms with van der Waals surface area (Å²) < 4.78 is 15.7. The van der Waals surface area contributed by atoms with Crippen LogP contribution in [0.4, 0.5) is 11.4 Å². The molecule has 2 aromatic rings. The van der Waals surface area contributed by atoms with Gasteiger partial charge in [-0.2, -0.15) is 0 Å². The van der Waals surface area contributed by atoms with Crippen molar-refractivity contribution in [1.82, 2.24) is 10.6 Å². The predicted molar refractivity (Wildman–Crippen MR) is 149 cm³/mol. The van der Waals surface area contributed by atoms with E-state index in [-0.39, 0.29) is 18.5 Å². The van der Waals surface area contributed by atoms with Crippen molar-refractivity contribution in [2.24, 2.45) is 0 Å². The van der Waals surface area contributed by atoms with Crippen molar-refractivity contribution in [2.45, 2.75) is 25.6 Å². The Labute approximate surface area is 229 Å². The first kappa shape index (κ1) is 32.4. The van der Waals surface area contributed by atoms with Crippen LogP contribution in [0.15, 0.2) is 59.9 Å². The van der Waals surface area contributed by atoms with Gasteiger partial charge >= 0.3 is 0 Å². The van der Waals surface area contributed by atoms with Gasteiger partial charge in [0.15, 0.2) is 12.1 Å². The van der Waals surface area contributed by atoms with E-state index in [0.717, 1.165) is 17.1 Å². The standard InChI is InChI=1S/C12H18N2O5.C8H10ClNO.C7H9N/c1-9(13-2)10(8-16)14-11(17)7-12(3-4-15)18-5-6-19-12;1-10-7-5-6(9)3-4-8(7)11-2;1-8-7-5-3-2-4-6-7/h4,8,13H,3,5-7H2,1-2H3,(H,14,17);3-5,10H,1-2H3;2-6,8H,1H3/b10-9+;;. The Morgan fingerprint density at radius 1 is 1.05 bits per heavy atom. The fourth-order valence-electron chi connectivity index (χ4n) is 3.18. The van der Waals surface area contributed by atoms with E-state index in [1.165, 1.54) is 0 Å². The third-order valence-electron chi connectivity index (χ3n) is 5.30. The zero-order chi connectivity index (χ0) is 28.4. The van der Waals surface area contributed by atoms with Crippen molar-refractivity contribution in [1.29, 1.82) is 0 Å². The van der Waals surface area contributed by atoms with Crippen LogP contribution in [0.25, 0.3) is 0 Å². The molecule has 1 fully saturated rings. The third kappa shape index (κ3) is 11.2. The number of methoxy groups -OCH3 is 1. The van der Waals surface area contributed by atoms with Crippen LogP contribution in [-0.2, 0) is 23.9 Å². The zero-order valence-electron chi connectivity index (χ0n) is 22.4. The molecule has 0 bridgehead atoms. The number of allylic oxidation sites excluding steroid dienone is 2. The van der Waals surface area contributed by atoms with Gasteiger partial charge in [-0.1, -0.05) is 29.8 Å². The van der Waals surface area contributed by atoms with Crippen LogP contribution in [0.3, 0.4) is 0 Å². The molecule has 0 aromatic heterocycles. The van der Waals surface area contributed by atoms with Gasteiger partial charge in [0.1, 0.15) is 12.0 Å². The Hall–Kier alpha value is -3.60. The lowest BCUT2D eigenvalue weighted by Crippen LogP contribution is -2.38. The molecule has 2 aromatic carbocycles. The highest BCUT2D eigenvalue weighted by Crippen LogP contribution is 2.27. The summed E-state index contributed by atoms with van der Waals surface area (Å²) in [6.45, 7) is 2.34. The molecule has 1 heterocycles. The minimum absolute atomic E-state index is 0.0223. The van der Waals surface area contributed by atoms with E-state index in [1.807, 2.05) is 56.6 Å². The molecule has 38 heavy (non-hydrogen) atoms. The van der Waals surface area contributed by atoms with Crippen molar-refractivity contribution in [2.75, 3.05) is 52.1 Å². The van der Waals surface area contributed by atoms with Crippen LogP contribution in [0.2, 0.25) is 5.02 Å². The molecular weight excluding hydrogens is 512 g/mol. The molecule has 0 spiro atoms. The number of hydrogen-bond acceptors (Lipinski definition) is 9. The summed E-state index contributed by atoms with van der Waals surface area (Å²) in [4.78, 5) is 33.3. The Bertz CT molecular complexity index is 1040. The first-order valence-electron chi connectivity index (χ1n) is 11.9. The van der Waals surface area contributed by atoms with Crippen LogP contribution in [-0.4, -0.2) is 65.7 Å².